The summed E-state index contributed by atoms with van der Waals surface area (Å²) in [5.74, 6) is -0.740. The van der Waals surface area contributed by atoms with Gasteiger partial charge in [-0.2, -0.15) is 0 Å². The zero-order chi connectivity index (χ0) is 12.8. The molecule has 1 atom stereocenters. The molecule has 94 valence electrons. The molecular formula is C11H23N3O2. The molecule has 0 radical (unpaired) electrons. The van der Waals surface area contributed by atoms with Crippen LogP contribution in [-0.2, 0) is 4.79 Å². The average molecular weight is 229 g/mol. The van der Waals surface area contributed by atoms with Gasteiger partial charge in [0, 0.05) is 5.54 Å². The van der Waals surface area contributed by atoms with Crippen molar-refractivity contribution in [3.05, 3.63) is 0 Å². The number of rotatable bonds is 6. The number of hydrogen-bond donors (Lipinski definition) is 3. The first kappa shape index (κ1) is 14.7. The molecule has 1 amide bonds. The topological polar surface area (TPSA) is 87.7 Å². The van der Waals surface area contributed by atoms with Crippen LogP contribution in [0.15, 0.2) is 5.16 Å². The van der Waals surface area contributed by atoms with Gasteiger partial charge in [0.1, 0.15) is 0 Å². The summed E-state index contributed by atoms with van der Waals surface area (Å²) < 4.78 is 0. The van der Waals surface area contributed by atoms with E-state index in [1.54, 1.807) is 0 Å². The molecule has 5 heteroatoms. The third-order valence-electron chi connectivity index (χ3n) is 2.71. The zero-order valence-corrected chi connectivity index (χ0v) is 10.6. The fraction of sp³-hybridized carbons (Fsp3) is 0.818. The van der Waals surface area contributed by atoms with Crippen LogP contribution < -0.4 is 11.1 Å². The van der Waals surface area contributed by atoms with Crippen LogP contribution in [0.5, 0.6) is 0 Å². The Balaban J connectivity index is 4.63. The first-order chi connectivity index (χ1) is 7.37. The van der Waals surface area contributed by atoms with E-state index < -0.39 is 5.92 Å². The Morgan fingerprint density at radius 1 is 1.50 bits per heavy atom. The fourth-order valence-electron chi connectivity index (χ4n) is 1.28. The van der Waals surface area contributed by atoms with Crippen LogP contribution in [-0.4, -0.2) is 22.5 Å². The van der Waals surface area contributed by atoms with Crippen LogP contribution in [0.4, 0.5) is 0 Å². The number of oxime groups is 1. The van der Waals surface area contributed by atoms with E-state index in [0.29, 0.717) is 6.42 Å². The minimum absolute atomic E-state index is 0.0220. The Hall–Kier alpha value is -1.26. The molecule has 0 rings (SSSR count). The molecule has 0 fully saturated rings. The summed E-state index contributed by atoms with van der Waals surface area (Å²) in [5.41, 5.74) is 5.24. The number of carbonyl (C=O) groups excluding carboxylic acids is 1. The molecule has 0 aromatic rings. The summed E-state index contributed by atoms with van der Waals surface area (Å²) in [4.78, 5) is 11.9. The summed E-state index contributed by atoms with van der Waals surface area (Å²) >= 11 is 0. The zero-order valence-electron chi connectivity index (χ0n) is 10.6. The molecule has 0 aliphatic heterocycles. The molecule has 0 heterocycles. The van der Waals surface area contributed by atoms with Gasteiger partial charge in [-0.25, -0.2) is 0 Å². The molecule has 0 saturated heterocycles. The molecule has 0 aliphatic rings. The summed E-state index contributed by atoms with van der Waals surface area (Å²) in [6, 6.07) is 0. The molecule has 0 aromatic heterocycles. The summed E-state index contributed by atoms with van der Waals surface area (Å²) in [6.45, 7) is 7.84. The van der Waals surface area contributed by atoms with E-state index in [2.05, 4.69) is 10.5 Å². The van der Waals surface area contributed by atoms with Crippen LogP contribution in [0.25, 0.3) is 0 Å². The van der Waals surface area contributed by atoms with Gasteiger partial charge in [0.2, 0.25) is 5.91 Å². The van der Waals surface area contributed by atoms with Crippen molar-refractivity contribution < 1.29 is 10.0 Å². The quantitative estimate of drug-likeness (QED) is 0.279. The van der Waals surface area contributed by atoms with Gasteiger partial charge in [-0.15, -0.1) is 0 Å². The van der Waals surface area contributed by atoms with Gasteiger partial charge in [0.15, 0.2) is 5.84 Å². The number of amidine groups is 1. The highest BCUT2D eigenvalue weighted by molar-refractivity contribution is 6.02. The number of amides is 1. The van der Waals surface area contributed by atoms with E-state index >= 15 is 0 Å². The van der Waals surface area contributed by atoms with Gasteiger partial charge in [-0.1, -0.05) is 25.4 Å². The normalized spacial score (nSPS) is 14.6. The van der Waals surface area contributed by atoms with E-state index in [1.807, 2.05) is 27.7 Å². The van der Waals surface area contributed by atoms with Crippen LogP contribution >= 0.6 is 0 Å². The van der Waals surface area contributed by atoms with E-state index in [1.165, 1.54) is 0 Å². The molecule has 0 saturated carbocycles. The van der Waals surface area contributed by atoms with Crippen LogP contribution in [0.2, 0.25) is 0 Å². The van der Waals surface area contributed by atoms with Crippen LogP contribution in [0, 0.1) is 5.92 Å². The minimum Gasteiger partial charge on any atom is -0.409 e. The Bertz CT molecular complexity index is 262. The lowest BCUT2D eigenvalue weighted by molar-refractivity contribution is -0.124. The average Bonchev–Trinajstić information content (AvgIpc) is 2.24. The van der Waals surface area contributed by atoms with E-state index in [9.17, 15) is 4.79 Å². The van der Waals surface area contributed by atoms with Gasteiger partial charge in [-0.05, 0) is 26.7 Å². The second-order valence-corrected chi connectivity index (χ2v) is 4.59. The predicted molar refractivity (Wildman–Crippen MR) is 64.3 cm³/mol. The molecule has 0 spiro atoms. The maximum Gasteiger partial charge on any atom is 0.231 e. The fourth-order valence-corrected chi connectivity index (χ4v) is 1.28. The van der Waals surface area contributed by atoms with Crippen molar-refractivity contribution in [3.63, 3.8) is 0 Å². The van der Waals surface area contributed by atoms with Gasteiger partial charge in [-0.3, -0.25) is 4.79 Å². The monoisotopic (exact) mass is 229 g/mol. The van der Waals surface area contributed by atoms with Crippen molar-refractivity contribution in [3.8, 4) is 0 Å². The molecule has 4 N–H and O–H groups in total. The first-order valence-electron chi connectivity index (χ1n) is 5.67. The van der Waals surface area contributed by atoms with E-state index in [-0.39, 0.29) is 17.3 Å². The Labute approximate surface area is 97.1 Å². The van der Waals surface area contributed by atoms with E-state index in [0.717, 1.165) is 12.8 Å². The summed E-state index contributed by atoms with van der Waals surface area (Å²) in [5, 5.41) is 14.4. The predicted octanol–water partition coefficient (Wildman–Crippen LogP) is 1.45. The highest BCUT2D eigenvalue weighted by atomic mass is 16.4. The Morgan fingerprint density at radius 3 is 2.44 bits per heavy atom. The molecule has 1 unspecified atom stereocenters. The first-order valence-corrected chi connectivity index (χ1v) is 5.67. The second kappa shape index (κ2) is 6.35. The van der Waals surface area contributed by atoms with Crippen molar-refractivity contribution in [1.82, 2.24) is 5.32 Å². The van der Waals surface area contributed by atoms with Crippen LogP contribution in [0.1, 0.15) is 47.0 Å². The number of hydrogen-bond acceptors (Lipinski definition) is 3. The lowest BCUT2D eigenvalue weighted by Crippen LogP contribution is -2.48. The largest absolute Gasteiger partial charge is 0.409 e. The minimum atomic E-state index is -0.541. The second-order valence-electron chi connectivity index (χ2n) is 4.59. The Kier molecular flexibility index (Phi) is 5.85. The number of nitrogens with one attached hydrogen (secondary N) is 1. The highest BCUT2D eigenvalue weighted by Gasteiger charge is 2.26. The lowest BCUT2D eigenvalue weighted by atomic mass is 9.97. The highest BCUT2D eigenvalue weighted by Crippen LogP contribution is 2.12. The summed E-state index contributed by atoms with van der Waals surface area (Å²) in [6.07, 6.45) is 2.22. The molecule has 0 bridgehead atoms. The van der Waals surface area contributed by atoms with Gasteiger partial charge in [0.25, 0.3) is 0 Å². The van der Waals surface area contributed by atoms with Crippen molar-refractivity contribution in [2.75, 3.05) is 0 Å². The standard InChI is InChI=1S/C11H23N3O2/c1-5-7-8(9(12)14-16)10(15)13-11(3,4)6-2/h8,16H,5-7H2,1-4H3,(H2,12,14)(H,13,15). The van der Waals surface area contributed by atoms with Crippen molar-refractivity contribution >= 4 is 11.7 Å². The summed E-state index contributed by atoms with van der Waals surface area (Å²) in [7, 11) is 0. The maximum absolute atomic E-state index is 11.9. The van der Waals surface area contributed by atoms with Gasteiger partial charge in [0.05, 0.1) is 5.92 Å². The van der Waals surface area contributed by atoms with Crippen molar-refractivity contribution in [1.29, 1.82) is 0 Å². The van der Waals surface area contributed by atoms with Gasteiger partial charge >= 0.3 is 0 Å². The molecule has 5 nitrogen and oxygen atoms in total. The lowest BCUT2D eigenvalue weighted by Gasteiger charge is -2.27. The number of nitrogens with two attached hydrogens (primary N) is 1. The third-order valence-corrected chi connectivity index (χ3v) is 2.71. The van der Waals surface area contributed by atoms with E-state index in [4.69, 9.17) is 10.9 Å². The van der Waals surface area contributed by atoms with Crippen molar-refractivity contribution in [2.45, 2.75) is 52.5 Å². The number of nitrogens with zero attached hydrogens (tertiary/aromatic N) is 1. The van der Waals surface area contributed by atoms with Crippen LogP contribution in [0.3, 0.4) is 0 Å². The van der Waals surface area contributed by atoms with Gasteiger partial charge < -0.3 is 16.3 Å². The smallest absolute Gasteiger partial charge is 0.231 e. The van der Waals surface area contributed by atoms with Crippen molar-refractivity contribution in [2.24, 2.45) is 16.8 Å². The molecule has 16 heavy (non-hydrogen) atoms. The molecular weight excluding hydrogens is 206 g/mol. The SMILES string of the molecule is CCCC(C(=O)NC(C)(C)CC)C(N)=NO. The number of carbonyl (C=O) groups is 1. The maximum atomic E-state index is 11.9. The molecule has 0 aliphatic carbocycles. The molecule has 0 aromatic carbocycles. The third kappa shape index (κ3) is 4.51. The Morgan fingerprint density at radius 2 is 2.06 bits per heavy atom.